The maximum absolute atomic E-state index is 12.8. The van der Waals surface area contributed by atoms with Crippen molar-refractivity contribution in [1.29, 1.82) is 10.5 Å². The first-order valence-corrected chi connectivity index (χ1v) is 11.3. The van der Waals surface area contributed by atoms with Crippen LogP contribution in [0.1, 0.15) is 23.2 Å². The smallest absolute Gasteiger partial charge is 0.255 e. The summed E-state index contributed by atoms with van der Waals surface area (Å²) in [6.07, 6.45) is 0.0461. The van der Waals surface area contributed by atoms with Crippen molar-refractivity contribution in [1.82, 2.24) is 9.29 Å². The van der Waals surface area contributed by atoms with Crippen molar-refractivity contribution in [3.05, 3.63) is 53.5 Å². The van der Waals surface area contributed by atoms with E-state index in [1.54, 1.807) is 11.6 Å². The van der Waals surface area contributed by atoms with E-state index < -0.39 is 10.0 Å². The molecular formula is C20H17N5O3S2. The van der Waals surface area contributed by atoms with E-state index in [0.29, 0.717) is 11.3 Å². The quantitative estimate of drug-likeness (QED) is 0.573. The lowest BCUT2D eigenvalue weighted by molar-refractivity contribution is 0.102. The van der Waals surface area contributed by atoms with E-state index >= 15 is 0 Å². The largest absolute Gasteiger partial charge is 0.322 e. The number of nitrogens with zero attached hydrogens (tertiary/aromatic N) is 4. The fourth-order valence-electron chi connectivity index (χ4n) is 2.77. The van der Waals surface area contributed by atoms with Crippen LogP contribution in [-0.4, -0.2) is 36.7 Å². The molecule has 0 saturated carbocycles. The van der Waals surface area contributed by atoms with Gasteiger partial charge in [-0.3, -0.25) is 4.79 Å². The van der Waals surface area contributed by atoms with E-state index in [1.807, 2.05) is 24.3 Å². The number of benzene rings is 2. The summed E-state index contributed by atoms with van der Waals surface area (Å²) < 4.78 is 27.7. The van der Waals surface area contributed by atoms with Gasteiger partial charge in [-0.2, -0.15) is 14.8 Å². The van der Waals surface area contributed by atoms with Gasteiger partial charge in [0.1, 0.15) is 0 Å². The van der Waals surface area contributed by atoms with E-state index in [9.17, 15) is 13.2 Å². The second-order valence-electron chi connectivity index (χ2n) is 6.23. The predicted octanol–water partition coefficient (Wildman–Crippen LogP) is 3.37. The number of carbonyl (C=O) groups excluding carboxylic acids is 1. The number of amides is 1. The maximum atomic E-state index is 12.8. The molecule has 0 bridgehead atoms. The Morgan fingerprint density at radius 1 is 1.07 bits per heavy atom. The molecule has 1 heterocycles. The Balaban J connectivity index is 1.75. The normalized spacial score (nSPS) is 11.2. The first-order chi connectivity index (χ1) is 14.5. The summed E-state index contributed by atoms with van der Waals surface area (Å²) in [6, 6.07) is 14.8. The Morgan fingerprint density at radius 2 is 1.73 bits per heavy atom. The third kappa shape index (κ3) is 4.81. The molecule has 0 radical (unpaired) electrons. The van der Waals surface area contributed by atoms with Crippen molar-refractivity contribution in [2.24, 2.45) is 0 Å². The molecule has 2 aromatic carbocycles. The molecule has 1 aromatic heterocycles. The highest BCUT2D eigenvalue weighted by atomic mass is 32.2. The molecule has 0 aliphatic carbocycles. The van der Waals surface area contributed by atoms with Gasteiger partial charge < -0.3 is 5.32 Å². The van der Waals surface area contributed by atoms with Gasteiger partial charge in [0.15, 0.2) is 0 Å². The first kappa shape index (κ1) is 21.4. The molecule has 8 nitrogen and oxygen atoms in total. The zero-order chi connectivity index (χ0) is 21.6. The molecule has 30 heavy (non-hydrogen) atoms. The summed E-state index contributed by atoms with van der Waals surface area (Å²) in [7, 11) is -3.87. The lowest BCUT2D eigenvalue weighted by Crippen LogP contribution is -2.32. The summed E-state index contributed by atoms with van der Waals surface area (Å²) in [4.78, 5) is 16.7. The number of nitrogens with one attached hydrogen (secondary N) is 1. The number of hydrogen-bond donors (Lipinski definition) is 1. The van der Waals surface area contributed by atoms with Gasteiger partial charge in [0.05, 0.1) is 32.8 Å². The van der Waals surface area contributed by atoms with E-state index in [-0.39, 0.29) is 36.7 Å². The molecule has 0 fully saturated rings. The summed E-state index contributed by atoms with van der Waals surface area (Å²) >= 11 is 1.47. The van der Waals surface area contributed by atoms with Crippen LogP contribution in [0.3, 0.4) is 0 Å². The second-order valence-corrected chi connectivity index (χ2v) is 9.06. The molecule has 1 amide bonds. The van der Waals surface area contributed by atoms with Gasteiger partial charge in [0.25, 0.3) is 5.91 Å². The average molecular weight is 440 g/mol. The van der Waals surface area contributed by atoms with Crippen molar-refractivity contribution < 1.29 is 13.2 Å². The molecule has 0 spiro atoms. The number of rotatable bonds is 8. The Kier molecular flexibility index (Phi) is 6.75. The van der Waals surface area contributed by atoms with Crippen LogP contribution in [0.4, 0.5) is 5.69 Å². The van der Waals surface area contributed by atoms with Gasteiger partial charge in [-0.05, 0) is 42.5 Å². The number of nitriles is 2. The lowest BCUT2D eigenvalue weighted by atomic mass is 10.2. The van der Waals surface area contributed by atoms with E-state index in [0.717, 1.165) is 14.5 Å². The third-order valence-corrected chi connectivity index (χ3v) is 6.99. The number of thiazole rings is 1. The third-order valence-electron chi connectivity index (χ3n) is 4.29. The van der Waals surface area contributed by atoms with Gasteiger partial charge in [-0.15, -0.1) is 11.3 Å². The number of fused-ring (bicyclic) bond motifs is 1. The second kappa shape index (κ2) is 9.46. The van der Waals surface area contributed by atoms with E-state index in [4.69, 9.17) is 10.5 Å². The van der Waals surface area contributed by atoms with Crippen LogP contribution in [-0.2, 0) is 10.0 Å². The Labute approximate surface area is 178 Å². The topological polar surface area (TPSA) is 127 Å². The Morgan fingerprint density at radius 3 is 2.37 bits per heavy atom. The highest BCUT2D eigenvalue weighted by Crippen LogP contribution is 2.23. The highest BCUT2D eigenvalue weighted by Gasteiger charge is 2.24. The first-order valence-electron chi connectivity index (χ1n) is 8.94. The average Bonchev–Trinajstić information content (AvgIpc) is 3.21. The van der Waals surface area contributed by atoms with Crippen molar-refractivity contribution in [2.75, 3.05) is 18.4 Å². The molecule has 0 saturated heterocycles. The molecule has 152 valence electrons. The molecule has 3 aromatic rings. The zero-order valence-corrected chi connectivity index (χ0v) is 17.4. The Hall–Kier alpha value is -3.31. The number of aromatic nitrogens is 1. The standard InChI is InChI=1S/C20H17N5O3S2/c21-9-1-11-25(12-2-10-22)30(27,28)17-6-3-15(4-7-17)20(26)24-16-5-8-18-19(13-16)29-14-23-18/h3-8,13-14H,1-2,11-12H2,(H,24,26). The van der Waals surface area contributed by atoms with Crippen molar-refractivity contribution >= 4 is 43.2 Å². The Bertz CT molecular complexity index is 1220. The summed E-state index contributed by atoms with van der Waals surface area (Å²) in [5, 5.41) is 20.3. The van der Waals surface area contributed by atoms with Gasteiger partial charge >= 0.3 is 0 Å². The van der Waals surface area contributed by atoms with Crippen LogP contribution in [0, 0.1) is 22.7 Å². The van der Waals surface area contributed by atoms with Gasteiger partial charge in [0, 0.05) is 37.2 Å². The van der Waals surface area contributed by atoms with Crippen LogP contribution >= 0.6 is 11.3 Å². The van der Waals surface area contributed by atoms with Crippen LogP contribution in [0.2, 0.25) is 0 Å². The van der Waals surface area contributed by atoms with Gasteiger partial charge in [-0.25, -0.2) is 13.4 Å². The summed E-state index contributed by atoms with van der Waals surface area (Å²) in [6.45, 7) is 0.00557. The minimum Gasteiger partial charge on any atom is -0.322 e. The SMILES string of the molecule is N#CCCN(CCC#N)S(=O)(=O)c1ccc(C(=O)Nc2ccc3ncsc3c2)cc1. The molecular weight excluding hydrogens is 422 g/mol. The molecule has 0 aliphatic heterocycles. The number of anilines is 1. The van der Waals surface area contributed by atoms with Crippen molar-refractivity contribution in [3.8, 4) is 12.1 Å². The molecule has 1 N–H and O–H groups in total. The van der Waals surface area contributed by atoms with Crippen LogP contribution < -0.4 is 5.32 Å². The monoisotopic (exact) mass is 439 g/mol. The summed E-state index contributed by atoms with van der Waals surface area (Å²) in [5.41, 5.74) is 3.50. The van der Waals surface area contributed by atoms with Gasteiger partial charge in [-0.1, -0.05) is 0 Å². The fraction of sp³-hybridized carbons (Fsp3) is 0.200. The molecule has 0 atom stereocenters. The fourth-order valence-corrected chi connectivity index (χ4v) is 4.92. The number of hydrogen-bond acceptors (Lipinski definition) is 7. The zero-order valence-electron chi connectivity index (χ0n) is 15.8. The maximum Gasteiger partial charge on any atom is 0.255 e. The van der Waals surface area contributed by atoms with Crippen molar-refractivity contribution in [2.45, 2.75) is 17.7 Å². The van der Waals surface area contributed by atoms with Gasteiger partial charge in [0.2, 0.25) is 10.0 Å². The van der Waals surface area contributed by atoms with Crippen molar-refractivity contribution in [3.63, 3.8) is 0 Å². The summed E-state index contributed by atoms with van der Waals surface area (Å²) in [5.74, 6) is -0.367. The van der Waals surface area contributed by atoms with E-state index in [2.05, 4.69) is 10.3 Å². The number of sulfonamides is 1. The van der Waals surface area contributed by atoms with Crippen LogP contribution in [0.25, 0.3) is 10.2 Å². The highest BCUT2D eigenvalue weighted by molar-refractivity contribution is 7.89. The lowest BCUT2D eigenvalue weighted by Gasteiger charge is -2.20. The molecule has 0 aliphatic rings. The molecule has 10 heteroatoms. The molecule has 0 unspecified atom stereocenters. The van der Waals surface area contributed by atoms with Crippen LogP contribution in [0.15, 0.2) is 52.9 Å². The molecule has 3 rings (SSSR count). The van der Waals surface area contributed by atoms with E-state index in [1.165, 1.54) is 35.6 Å². The number of carbonyl (C=O) groups is 1. The minimum atomic E-state index is -3.87. The predicted molar refractivity (Wildman–Crippen MR) is 113 cm³/mol. The minimum absolute atomic E-state index is 0.000934. The van der Waals surface area contributed by atoms with Crippen LogP contribution in [0.5, 0.6) is 0 Å².